The van der Waals surface area contributed by atoms with Crippen LogP contribution in [0.15, 0.2) is 24.3 Å². The molecule has 1 fully saturated rings. The van der Waals surface area contributed by atoms with Gasteiger partial charge in [0, 0.05) is 18.3 Å². The van der Waals surface area contributed by atoms with E-state index in [1.165, 1.54) is 0 Å². The molecule has 1 aromatic carbocycles. The second-order valence-corrected chi connectivity index (χ2v) is 7.87. The lowest BCUT2D eigenvalue weighted by molar-refractivity contribution is -0.118. The van der Waals surface area contributed by atoms with Crippen LogP contribution in [0.2, 0.25) is 0 Å². The number of ether oxygens (including phenoxy) is 1. The smallest absolute Gasteiger partial charge is 0.241 e. The highest BCUT2D eigenvalue weighted by atomic mass is 32.2. The Kier molecular flexibility index (Phi) is 6.44. The van der Waals surface area contributed by atoms with E-state index in [-0.39, 0.29) is 12.1 Å². The van der Waals surface area contributed by atoms with E-state index in [2.05, 4.69) is 15.4 Å². The van der Waals surface area contributed by atoms with Crippen LogP contribution in [-0.2, 0) is 14.8 Å². The van der Waals surface area contributed by atoms with Crippen molar-refractivity contribution in [1.82, 2.24) is 10.6 Å². The Morgan fingerprint density at radius 1 is 1.33 bits per heavy atom. The van der Waals surface area contributed by atoms with Crippen LogP contribution in [0.5, 0.6) is 5.75 Å². The first-order chi connectivity index (χ1) is 11.3. The number of rotatable bonds is 8. The Bertz CT molecular complexity index is 638. The first kappa shape index (κ1) is 18.5. The Hall–Kier alpha value is -1.80. The van der Waals surface area contributed by atoms with Crippen molar-refractivity contribution in [3.63, 3.8) is 0 Å². The van der Waals surface area contributed by atoms with Gasteiger partial charge in [0.2, 0.25) is 15.9 Å². The highest BCUT2D eigenvalue weighted by Gasteiger charge is 2.19. The first-order valence-electron chi connectivity index (χ1n) is 8.11. The number of hydrogen-bond donors (Lipinski definition) is 3. The third-order valence-corrected chi connectivity index (χ3v) is 4.72. The minimum atomic E-state index is -3.74. The van der Waals surface area contributed by atoms with Crippen LogP contribution in [0.1, 0.15) is 26.7 Å². The summed E-state index contributed by atoms with van der Waals surface area (Å²) in [6.45, 7) is 5.22. The maximum atomic E-state index is 12.1. The van der Waals surface area contributed by atoms with Gasteiger partial charge in [0.05, 0.1) is 6.10 Å². The van der Waals surface area contributed by atoms with Crippen molar-refractivity contribution in [3.8, 4) is 5.75 Å². The predicted molar refractivity (Wildman–Crippen MR) is 93.6 cm³/mol. The van der Waals surface area contributed by atoms with E-state index >= 15 is 0 Å². The number of nitrogens with one attached hydrogen (secondary N) is 3. The molecule has 8 heteroatoms. The maximum Gasteiger partial charge on any atom is 0.241 e. The molecule has 0 bridgehead atoms. The van der Waals surface area contributed by atoms with Crippen molar-refractivity contribution in [3.05, 3.63) is 24.3 Å². The standard InChI is InChI=1S/C16H25N3O4S/c1-12(2)23-15-7-5-13(6-8-15)19-24(21,22)11-16(20)18-10-14-4-3-9-17-14/h5-8,12,14,17,19H,3-4,9-11H2,1-2H3,(H,18,20). The van der Waals surface area contributed by atoms with Crippen LogP contribution < -0.4 is 20.1 Å². The van der Waals surface area contributed by atoms with Gasteiger partial charge in [0.1, 0.15) is 11.5 Å². The SMILES string of the molecule is CC(C)Oc1ccc(NS(=O)(=O)CC(=O)NCC2CCCN2)cc1. The van der Waals surface area contributed by atoms with Gasteiger partial charge in [-0.1, -0.05) is 0 Å². The van der Waals surface area contributed by atoms with Gasteiger partial charge in [-0.05, 0) is 57.5 Å². The zero-order valence-corrected chi connectivity index (χ0v) is 14.9. The lowest BCUT2D eigenvalue weighted by Gasteiger charge is -2.13. The molecule has 1 aliphatic heterocycles. The molecule has 1 aromatic rings. The summed E-state index contributed by atoms with van der Waals surface area (Å²) in [6.07, 6.45) is 2.12. The average molecular weight is 355 g/mol. The first-order valence-corrected chi connectivity index (χ1v) is 9.76. The Morgan fingerprint density at radius 2 is 2.04 bits per heavy atom. The molecule has 1 heterocycles. The minimum Gasteiger partial charge on any atom is -0.491 e. The van der Waals surface area contributed by atoms with Crippen LogP contribution in [0.3, 0.4) is 0 Å². The van der Waals surface area contributed by atoms with E-state index in [1.54, 1.807) is 24.3 Å². The summed E-state index contributed by atoms with van der Waals surface area (Å²) in [7, 11) is -3.74. The van der Waals surface area contributed by atoms with Crippen molar-refractivity contribution in [1.29, 1.82) is 0 Å². The van der Waals surface area contributed by atoms with Crippen molar-refractivity contribution in [2.45, 2.75) is 38.8 Å². The second kappa shape index (κ2) is 8.34. The number of hydrogen-bond acceptors (Lipinski definition) is 5. The molecule has 24 heavy (non-hydrogen) atoms. The number of amides is 1. The molecular formula is C16H25N3O4S. The largest absolute Gasteiger partial charge is 0.491 e. The van der Waals surface area contributed by atoms with Gasteiger partial charge >= 0.3 is 0 Å². The monoisotopic (exact) mass is 355 g/mol. The molecule has 7 nitrogen and oxygen atoms in total. The van der Waals surface area contributed by atoms with E-state index in [9.17, 15) is 13.2 Å². The van der Waals surface area contributed by atoms with E-state index in [0.717, 1.165) is 19.4 Å². The van der Waals surface area contributed by atoms with Crippen molar-refractivity contribution in [2.75, 3.05) is 23.6 Å². The van der Waals surface area contributed by atoms with Gasteiger partial charge in [-0.25, -0.2) is 8.42 Å². The van der Waals surface area contributed by atoms with Crippen LogP contribution >= 0.6 is 0 Å². The fourth-order valence-corrected chi connectivity index (χ4v) is 3.50. The highest BCUT2D eigenvalue weighted by molar-refractivity contribution is 7.93. The number of sulfonamides is 1. The van der Waals surface area contributed by atoms with Crippen molar-refractivity contribution >= 4 is 21.6 Å². The van der Waals surface area contributed by atoms with Gasteiger partial charge in [-0.2, -0.15) is 0 Å². The molecular weight excluding hydrogens is 330 g/mol. The molecule has 1 atom stereocenters. The number of carbonyl (C=O) groups is 1. The second-order valence-electron chi connectivity index (χ2n) is 6.15. The zero-order valence-electron chi connectivity index (χ0n) is 14.0. The fraction of sp³-hybridized carbons (Fsp3) is 0.562. The summed E-state index contributed by atoms with van der Waals surface area (Å²) in [5.74, 6) is -0.435. The van der Waals surface area contributed by atoms with Gasteiger partial charge in [-0.3, -0.25) is 9.52 Å². The molecule has 1 unspecified atom stereocenters. The van der Waals surface area contributed by atoms with Crippen LogP contribution in [0, 0.1) is 0 Å². The molecule has 0 spiro atoms. The fourth-order valence-electron chi connectivity index (χ4n) is 2.48. The average Bonchev–Trinajstić information content (AvgIpc) is 2.99. The summed E-state index contributed by atoms with van der Waals surface area (Å²) in [4.78, 5) is 11.8. The lowest BCUT2D eigenvalue weighted by Crippen LogP contribution is -2.40. The van der Waals surface area contributed by atoms with E-state index in [1.807, 2.05) is 13.8 Å². The molecule has 0 saturated carbocycles. The topological polar surface area (TPSA) is 96.5 Å². The number of anilines is 1. The third kappa shape index (κ3) is 6.37. The summed E-state index contributed by atoms with van der Waals surface area (Å²) >= 11 is 0. The normalized spacial score (nSPS) is 17.7. The number of benzene rings is 1. The highest BCUT2D eigenvalue weighted by Crippen LogP contribution is 2.17. The third-order valence-electron chi connectivity index (χ3n) is 3.53. The molecule has 0 radical (unpaired) electrons. The molecule has 2 rings (SSSR count). The molecule has 0 aromatic heterocycles. The predicted octanol–water partition coefficient (Wildman–Crippen LogP) is 1.08. The summed E-state index contributed by atoms with van der Waals surface area (Å²) in [6, 6.07) is 6.82. The van der Waals surface area contributed by atoms with E-state index in [4.69, 9.17) is 4.74 Å². The number of carbonyl (C=O) groups excluding carboxylic acids is 1. The molecule has 1 amide bonds. The van der Waals surface area contributed by atoms with Gasteiger partial charge < -0.3 is 15.4 Å². The van der Waals surface area contributed by atoms with Crippen molar-refractivity contribution in [2.24, 2.45) is 0 Å². The molecule has 0 aliphatic carbocycles. The lowest BCUT2D eigenvalue weighted by atomic mass is 10.2. The Balaban J connectivity index is 1.82. The summed E-state index contributed by atoms with van der Waals surface area (Å²) in [5, 5.41) is 5.90. The Morgan fingerprint density at radius 3 is 2.62 bits per heavy atom. The quantitative estimate of drug-likeness (QED) is 0.648. The molecule has 1 aliphatic rings. The Labute approximate surface area is 143 Å². The van der Waals surface area contributed by atoms with Crippen LogP contribution in [0.4, 0.5) is 5.69 Å². The van der Waals surface area contributed by atoms with Crippen LogP contribution in [-0.4, -0.2) is 45.3 Å². The van der Waals surface area contributed by atoms with Gasteiger partial charge in [-0.15, -0.1) is 0 Å². The van der Waals surface area contributed by atoms with Gasteiger partial charge in [0.25, 0.3) is 0 Å². The van der Waals surface area contributed by atoms with E-state index in [0.29, 0.717) is 18.0 Å². The summed E-state index contributed by atoms with van der Waals surface area (Å²) < 4.78 is 32.0. The maximum absolute atomic E-state index is 12.1. The van der Waals surface area contributed by atoms with Gasteiger partial charge in [0.15, 0.2) is 0 Å². The van der Waals surface area contributed by atoms with E-state index < -0.39 is 21.7 Å². The molecule has 1 saturated heterocycles. The minimum absolute atomic E-state index is 0.0468. The summed E-state index contributed by atoms with van der Waals surface area (Å²) in [5.41, 5.74) is 0.399. The zero-order chi connectivity index (χ0) is 17.6. The van der Waals surface area contributed by atoms with Crippen molar-refractivity contribution < 1.29 is 17.9 Å². The van der Waals surface area contributed by atoms with Crippen LogP contribution in [0.25, 0.3) is 0 Å². The molecule has 134 valence electrons. The molecule has 3 N–H and O–H groups in total.